The summed E-state index contributed by atoms with van der Waals surface area (Å²) < 4.78 is 4.40. The van der Waals surface area contributed by atoms with Gasteiger partial charge in [0.05, 0.1) is 41.7 Å². The number of aliphatic hydroxyl groups excluding tert-OH is 3. The van der Waals surface area contributed by atoms with Gasteiger partial charge in [-0.05, 0) is 383 Å². The fraction of sp³-hybridized carbons (Fsp3) is 0.967. The lowest BCUT2D eigenvalue weighted by atomic mass is 9.43. The Morgan fingerprint density at radius 3 is 1.09 bits per heavy atom. The summed E-state index contributed by atoms with van der Waals surface area (Å²) in [5.74, 6) is 15.1. The van der Waals surface area contributed by atoms with Crippen LogP contribution in [-0.2, 0) is 9.53 Å². The highest BCUT2D eigenvalue weighted by Crippen LogP contribution is 2.73. The van der Waals surface area contributed by atoms with Crippen LogP contribution in [0.3, 0.4) is 0 Å². The fourth-order valence-electron chi connectivity index (χ4n) is 28.3. The van der Waals surface area contributed by atoms with E-state index >= 15 is 0 Å². The van der Waals surface area contributed by atoms with Gasteiger partial charge in [0, 0.05) is 6.92 Å². The molecule has 0 aromatic rings. The number of carbonyl (C=O) groups is 1. The molecule has 12 aliphatic carbocycles. The van der Waals surface area contributed by atoms with Crippen molar-refractivity contribution in [2.75, 3.05) is 6.61 Å². The van der Waals surface area contributed by atoms with Crippen LogP contribution in [0.5, 0.6) is 0 Å². The van der Waals surface area contributed by atoms with Crippen molar-refractivity contribution in [3.8, 4) is 0 Å². The average Bonchev–Trinajstić information content (AvgIpc) is 1.33. The fourth-order valence-corrected chi connectivity index (χ4v) is 28.3. The van der Waals surface area contributed by atoms with E-state index in [1.54, 1.807) is 12.5 Å². The van der Waals surface area contributed by atoms with Crippen LogP contribution in [0.2, 0.25) is 0 Å². The lowest BCUT2D eigenvalue weighted by Crippen LogP contribution is -2.56. The molecule has 12 rings (SSSR count). The summed E-state index contributed by atoms with van der Waals surface area (Å²) in [5, 5.41) is 64.1. The first-order chi connectivity index (χ1) is 46.4. The number of aliphatic hydroxyl groups is 6. The van der Waals surface area contributed by atoms with Crippen molar-refractivity contribution in [2.24, 2.45) is 151 Å². The van der Waals surface area contributed by atoms with Crippen LogP contribution in [0.1, 0.15) is 371 Å². The van der Waals surface area contributed by atoms with E-state index in [4.69, 9.17) is 0 Å². The van der Waals surface area contributed by atoms with Gasteiger partial charge in [-0.1, -0.05) is 144 Å². The molecule has 8 nitrogen and oxygen atoms in total. The van der Waals surface area contributed by atoms with E-state index in [1.807, 2.05) is 0 Å². The minimum absolute atomic E-state index is 0. The molecule has 0 saturated heterocycles. The average molecular weight is 1400 g/mol. The maximum Gasteiger partial charge on any atom is 0.302 e. The zero-order chi connectivity index (χ0) is 72.8. The van der Waals surface area contributed by atoms with Crippen molar-refractivity contribution in [1.29, 1.82) is 0 Å². The summed E-state index contributed by atoms with van der Waals surface area (Å²) in [6, 6.07) is 0. The summed E-state index contributed by atoms with van der Waals surface area (Å²) in [6.45, 7) is 46.2. The topological polar surface area (TPSA) is 148 Å². The van der Waals surface area contributed by atoms with Gasteiger partial charge in [-0.15, -0.1) is 0 Å². The van der Waals surface area contributed by atoms with Crippen LogP contribution in [0.25, 0.3) is 0 Å². The molecular formula is C92H166O8. The van der Waals surface area contributed by atoms with Crippen LogP contribution in [0.4, 0.5) is 0 Å². The molecule has 11 saturated carbocycles. The standard InChI is InChI=1S/2C29H52O2.C29H50O2.C4H8O2.CH4/c3*1-7-29(31)17-16-27(5)21(18-29)9-10-22-24-12-11-23(28(24,6)15-14-25(22)27)20(4)8-13-26(30)19(2)3;1-3-6-4(2)5;/h2*19-26,30-31H,7-18H2,1-6H3;9,19-20,22-26,30-31H,7-8,10-18H2,1-6H3;3H2,1-2H3;1H4/t20-,21+,22+,23-,24+,25+,26-,27+,28-,29+;20-,21-,22+,23-,24+,25+,26-,27+,28-,29+;20-,22+,23-,24+,25+,26-,27+,28-,29+;;/m111../s1. The van der Waals surface area contributed by atoms with Crippen LogP contribution in [0.15, 0.2) is 11.6 Å². The van der Waals surface area contributed by atoms with Crippen molar-refractivity contribution in [2.45, 2.75) is 406 Å². The third-order valence-electron chi connectivity index (χ3n) is 35.6. The summed E-state index contributed by atoms with van der Waals surface area (Å²) in [7, 11) is 0. The monoisotopic (exact) mass is 1400 g/mol. The molecule has 0 bridgehead atoms. The third kappa shape index (κ3) is 16.9. The summed E-state index contributed by atoms with van der Waals surface area (Å²) in [5.41, 5.74) is 3.18. The van der Waals surface area contributed by atoms with Crippen molar-refractivity contribution in [3.63, 3.8) is 0 Å². The molecule has 8 heteroatoms. The summed E-state index contributed by atoms with van der Waals surface area (Å²) in [4.78, 5) is 9.82. The Kier molecular flexibility index (Phi) is 28.3. The van der Waals surface area contributed by atoms with Gasteiger partial charge in [0.1, 0.15) is 0 Å². The second-order valence-electron chi connectivity index (χ2n) is 41.1. The molecule has 0 aromatic carbocycles. The van der Waals surface area contributed by atoms with Crippen molar-refractivity contribution >= 4 is 5.97 Å². The number of hydrogen-bond donors (Lipinski definition) is 6. The number of rotatable bonds is 19. The van der Waals surface area contributed by atoms with Crippen molar-refractivity contribution < 1.29 is 40.2 Å². The predicted molar refractivity (Wildman–Crippen MR) is 418 cm³/mol. The first-order valence-corrected chi connectivity index (χ1v) is 43.4. The normalized spacial score (nSPS) is 45.5. The molecule has 29 atom stereocenters. The van der Waals surface area contributed by atoms with Gasteiger partial charge >= 0.3 is 5.97 Å². The largest absolute Gasteiger partial charge is 0.466 e. The van der Waals surface area contributed by atoms with E-state index in [0.29, 0.717) is 56.9 Å². The Morgan fingerprint density at radius 1 is 0.420 bits per heavy atom. The number of fused-ring (bicyclic) bond motifs is 15. The van der Waals surface area contributed by atoms with E-state index < -0.39 is 5.60 Å². The minimum Gasteiger partial charge on any atom is -0.466 e. The quantitative estimate of drug-likeness (QED) is 0.0553. The molecule has 0 amide bonds. The first kappa shape index (κ1) is 84.6. The SMILES string of the molecule is C.CCOC(C)=O.CC[C@]1(O)CC[C@@]2(C)C(=CC[C@H]3[C@@H]4CC[C@H]([C@H](C)CC[C@@H](O)C(C)C)[C@@]4(C)CC[C@@H]32)C1.CC[C@]1(O)CC[C@@]2(C)[C@@H](CC[C@@H]3[C@@H]2CC[C@]2(C)[C@@H]([C@H](C)CC[C@@H](O)C(C)C)CC[C@@H]32)C1.CC[C@]1(O)CC[C@@]2(C)[C@H](CC[C@@H]3[C@@H]2CC[C@]2(C)[C@@H]([C@H](C)CC[C@@H](O)C(C)C)CC[C@@H]32)C1. The molecule has 0 unspecified atom stereocenters. The Labute approximate surface area is 617 Å². The van der Waals surface area contributed by atoms with E-state index in [1.165, 1.54) is 155 Å². The second-order valence-corrected chi connectivity index (χ2v) is 41.1. The molecule has 12 aliphatic rings. The van der Waals surface area contributed by atoms with Gasteiger partial charge in [0.15, 0.2) is 0 Å². The molecule has 0 aromatic heterocycles. The van der Waals surface area contributed by atoms with Crippen LogP contribution < -0.4 is 0 Å². The molecule has 0 spiro atoms. The van der Waals surface area contributed by atoms with Crippen molar-refractivity contribution in [3.05, 3.63) is 11.6 Å². The molecule has 11 fully saturated rings. The molecular weight excluding hydrogens is 1230 g/mol. The minimum atomic E-state index is -0.449. The highest BCUT2D eigenvalue weighted by atomic mass is 16.5. The number of hydrogen-bond acceptors (Lipinski definition) is 8. The van der Waals surface area contributed by atoms with Gasteiger partial charge in [0.25, 0.3) is 0 Å². The number of ether oxygens (including phenoxy) is 1. The zero-order valence-corrected chi connectivity index (χ0v) is 68.3. The Bertz CT molecular complexity index is 2510. The van der Waals surface area contributed by atoms with E-state index in [2.05, 4.69) is 135 Å². The van der Waals surface area contributed by atoms with E-state index in [-0.39, 0.29) is 42.9 Å². The highest BCUT2D eigenvalue weighted by Gasteiger charge is 2.65. The van der Waals surface area contributed by atoms with E-state index in [0.717, 1.165) is 178 Å². The van der Waals surface area contributed by atoms with Crippen LogP contribution in [-0.4, -0.2) is 78.3 Å². The third-order valence-corrected chi connectivity index (χ3v) is 35.6. The molecule has 0 aliphatic heterocycles. The van der Waals surface area contributed by atoms with Gasteiger partial charge in [-0.25, -0.2) is 0 Å². The highest BCUT2D eigenvalue weighted by molar-refractivity contribution is 5.65. The molecule has 0 heterocycles. The summed E-state index contributed by atoms with van der Waals surface area (Å²) >= 11 is 0. The number of carbonyl (C=O) groups excluding carboxylic acids is 1. The molecule has 582 valence electrons. The Morgan fingerprint density at radius 2 is 0.760 bits per heavy atom. The molecule has 100 heavy (non-hydrogen) atoms. The van der Waals surface area contributed by atoms with E-state index in [9.17, 15) is 35.4 Å². The van der Waals surface area contributed by atoms with Gasteiger partial charge < -0.3 is 35.4 Å². The Balaban J connectivity index is 0.000000182. The van der Waals surface area contributed by atoms with Crippen LogP contribution >= 0.6 is 0 Å². The predicted octanol–water partition coefficient (Wildman–Crippen LogP) is 22.8. The Hall–Kier alpha value is -1.03. The maximum absolute atomic E-state index is 11.0. The lowest BCUT2D eigenvalue weighted by molar-refractivity contribution is -0.152. The smallest absolute Gasteiger partial charge is 0.302 e. The van der Waals surface area contributed by atoms with Gasteiger partial charge in [-0.2, -0.15) is 0 Å². The van der Waals surface area contributed by atoms with Gasteiger partial charge in [0.2, 0.25) is 0 Å². The summed E-state index contributed by atoms with van der Waals surface area (Å²) in [6.07, 6.45) is 44.9. The maximum atomic E-state index is 11.0. The van der Waals surface area contributed by atoms with Gasteiger partial charge in [-0.3, -0.25) is 4.79 Å². The van der Waals surface area contributed by atoms with Crippen molar-refractivity contribution in [1.82, 2.24) is 0 Å². The molecule has 0 radical (unpaired) electrons. The number of esters is 1. The zero-order valence-electron chi connectivity index (χ0n) is 68.3. The lowest BCUT2D eigenvalue weighted by Gasteiger charge is -2.62. The first-order valence-electron chi connectivity index (χ1n) is 43.4. The molecule has 6 N–H and O–H groups in total. The number of allylic oxidation sites excluding steroid dienone is 1. The van der Waals surface area contributed by atoms with Crippen LogP contribution in [0, 0.1) is 151 Å². The second kappa shape index (κ2) is 33.4.